The van der Waals surface area contributed by atoms with Crippen LogP contribution in [-0.2, 0) is 6.54 Å². The van der Waals surface area contributed by atoms with Crippen molar-refractivity contribution in [3.8, 4) is 0 Å². The van der Waals surface area contributed by atoms with Crippen LogP contribution in [0.3, 0.4) is 0 Å². The van der Waals surface area contributed by atoms with Crippen molar-refractivity contribution >= 4 is 5.95 Å². The molecule has 18 heavy (non-hydrogen) atoms. The maximum absolute atomic E-state index is 4.63. The van der Waals surface area contributed by atoms with Gasteiger partial charge in [-0.25, -0.2) is 4.98 Å². The molecule has 0 bridgehead atoms. The number of imidazole rings is 1. The minimum absolute atomic E-state index is 0.628. The quantitative estimate of drug-likeness (QED) is 0.869. The molecule has 0 aliphatic heterocycles. The first kappa shape index (κ1) is 13.4. The van der Waals surface area contributed by atoms with Crippen LogP contribution >= 0.6 is 0 Å². The lowest BCUT2D eigenvalue weighted by atomic mass is 9.97. The highest BCUT2D eigenvalue weighted by molar-refractivity contribution is 5.30. The van der Waals surface area contributed by atoms with Gasteiger partial charge in [0.15, 0.2) is 0 Å². The maximum atomic E-state index is 4.63. The third-order valence-corrected chi connectivity index (χ3v) is 3.80. The molecule has 102 valence electrons. The zero-order valence-electron chi connectivity index (χ0n) is 11.9. The monoisotopic (exact) mass is 249 g/mol. The average molecular weight is 249 g/mol. The Labute approximate surface area is 111 Å². The van der Waals surface area contributed by atoms with Crippen molar-refractivity contribution in [2.24, 2.45) is 0 Å². The fourth-order valence-corrected chi connectivity index (χ4v) is 2.86. The summed E-state index contributed by atoms with van der Waals surface area (Å²) in [6, 6.07) is 0.628. The smallest absolute Gasteiger partial charge is 0.203 e. The number of hydrogen-bond acceptors (Lipinski definition) is 2. The van der Waals surface area contributed by atoms with E-state index in [-0.39, 0.29) is 0 Å². The van der Waals surface area contributed by atoms with E-state index in [1.807, 2.05) is 0 Å². The number of aromatic nitrogens is 2. The normalized spacial score (nSPS) is 18.3. The molecule has 1 N–H and O–H groups in total. The fourth-order valence-electron chi connectivity index (χ4n) is 2.86. The lowest BCUT2D eigenvalue weighted by molar-refractivity contribution is 0.468. The standard InChI is InChI=1S/C15H27N3/c1-3-11-18-12-13(2)16-15(18)17-14-9-7-5-4-6-8-10-14/h12,14H,3-11H2,1-2H3,(H,16,17). The lowest BCUT2D eigenvalue weighted by Gasteiger charge is -2.22. The van der Waals surface area contributed by atoms with Crippen molar-refractivity contribution in [1.29, 1.82) is 0 Å². The van der Waals surface area contributed by atoms with Gasteiger partial charge in [0.1, 0.15) is 0 Å². The van der Waals surface area contributed by atoms with Crippen molar-refractivity contribution < 1.29 is 0 Å². The second-order valence-corrected chi connectivity index (χ2v) is 5.59. The van der Waals surface area contributed by atoms with Gasteiger partial charge in [-0.15, -0.1) is 0 Å². The molecule has 1 aliphatic carbocycles. The van der Waals surface area contributed by atoms with E-state index >= 15 is 0 Å². The molecule has 1 aliphatic rings. The summed E-state index contributed by atoms with van der Waals surface area (Å²) in [5.74, 6) is 1.08. The van der Waals surface area contributed by atoms with Crippen LogP contribution in [0, 0.1) is 6.92 Å². The first-order chi connectivity index (χ1) is 8.79. The molecule has 0 saturated heterocycles. The Bertz CT molecular complexity index is 349. The summed E-state index contributed by atoms with van der Waals surface area (Å²) in [6.07, 6.45) is 12.9. The third-order valence-electron chi connectivity index (χ3n) is 3.80. The van der Waals surface area contributed by atoms with Crippen LogP contribution in [0.25, 0.3) is 0 Å². The van der Waals surface area contributed by atoms with Crippen LogP contribution in [-0.4, -0.2) is 15.6 Å². The Balaban J connectivity index is 1.97. The minimum atomic E-state index is 0.628. The first-order valence-electron chi connectivity index (χ1n) is 7.60. The predicted octanol–water partition coefficient (Wildman–Crippen LogP) is 4.13. The molecule has 1 aromatic heterocycles. The molecule has 0 amide bonds. The van der Waals surface area contributed by atoms with Crippen molar-refractivity contribution in [2.75, 3.05) is 5.32 Å². The number of rotatable bonds is 4. The van der Waals surface area contributed by atoms with E-state index in [4.69, 9.17) is 0 Å². The van der Waals surface area contributed by atoms with Crippen molar-refractivity contribution in [3.63, 3.8) is 0 Å². The molecule has 3 heteroatoms. The zero-order valence-corrected chi connectivity index (χ0v) is 11.9. The molecule has 0 unspecified atom stereocenters. The van der Waals surface area contributed by atoms with Gasteiger partial charge in [0.2, 0.25) is 5.95 Å². The third kappa shape index (κ3) is 3.76. The van der Waals surface area contributed by atoms with Gasteiger partial charge in [0, 0.05) is 18.8 Å². The number of anilines is 1. The Hall–Kier alpha value is -0.990. The van der Waals surface area contributed by atoms with Crippen LogP contribution in [0.2, 0.25) is 0 Å². The summed E-state index contributed by atoms with van der Waals surface area (Å²) in [7, 11) is 0. The van der Waals surface area contributed by atoms with E-state index in [0.717, 1.165) is 24.6 Å². The second-order valence-electron chi connectivity index (χ2n) is 5.59. The van der Waals surface area contributed by atoms with Gasteiger partial charge in [-0.1, -0.05) is 39.0 Å². The van der Waals surface area contributed by atoms with Crippen LogP contribution < -0.4 is 5.32 Å². The van der Waals surface area contributed by atoms with E-state index < -0.39 is 0 Å². The van der Waals surface area contributed by atoms with Crippen molar-refractivity contribution in [3.05, 3.63) is 11.9 Å². The lowest BCUT2D eigenvalue weighted by Crippen LogP contribution is -2.22. The maximum Gasteiger partial charge on any atom is 0.203 e. The minimum Gasteiger partial charge on any atom is -0.353 e. The number of nitrogens with zero attached hydrogens (tertiary/aromatic N) is 2. The highest BCUT2D eigenvalue weighted by atomic mass is 15.2. The fraction of sp³-hybridized carbons (Fsp3) is 0.800. The SMILES string of the molecule is CCCn1cc(C)nc1NC1CCCCCCC1. The van der Waals surface area contributed by atoms with Crippen LogP contribution in [0.4, 0.5) is 5.95 Å². The van der Waals surface area contributed by atoms with E-state index in [0.29, 0.717) is 6.04 Å². The Morgan fingerprint density at radius 3 is 2.56 bits per heavy atom. The molecule has 1 fully saturated rings. The highest BCUT2D eigenvalue weighted by Crippen LogP contribution is 2.20. The van der Waals surface area contributed by atoms with Crippen molar-refractivity contribution in [2.45, 2.75) is 77.8 Å². The number of aryl methyl sites for hydroxylation is 2. The topological polar surface area (TPSA) is 29.9 Å². The van der Waals surface area contributed by atoms with E-state index in [2.05, 4.69) is 34.9 Å². The number of hydrogen-bond donors (Lipinski definition) is 1. The second kappa shape index (κ2) is 6.81. The molecule has 0 aromatic carbocycles. The van der Waals surface area contributed by atoms with Gasteiger partial charge in [-0.2, -0.15) is 0 Å². The molecule has 0 radical (unpaired) electrons. The van der Waals surface area contributed by atoms with Crippen LogP contribution in [0.1, 0.15) is 64.0 Å². The summed E-state index contributed by atoms with van der Waals surface area (Å²) in [6.45, 7) is 5.36. The summed E-state index contributed by atoms with van der Waals surface area (Å²) < 4.78 is 2.27. The molecule has 1 saturated carbocycles. The van der Waals surface area contributed by atoms with Gasteiger partial charge < -0.3 is 9.88 Å². The Kier molecular flexibility index (Phi) is 5.09. The van der Waals surface area contributed by atoms with E-state index in [1.54, 1.807) is 0 Å². The predicted molar refractivity (Wildman–Crippen MR) is 77.0 cm³/mol. The zero-order chi connectivity index (χ0) is 12.8. The molecule has 0 spiro atoms. The van der Waals surface area contributed by atoms with Gasteiger partial charge in [0.05, 0.1) is 5.69 Å². The van der Waals surface area contributed by atoms with Gasteiger partial charge in [0.25, 0.3) is 0 Å². The van der Waals surface area contributed by atoms with E-state index in [9.17, 15) is 0 Å². The molecular formula is C15H27N3. The van der Waals surface area contributed by atoms with Crippen LogP contribution in [0.15, 0.2) is 6.20 Å². The van der Waals surface area contributed by atoms with Gasteiger partial charge >= 0.3 is 0 Å². The highest BCUT2D eigenvalue weighted by Gasteiger charge is 2.14. The molecular weight excluding hydrogens is 222 g/mol. The average Bonchev–Trinajstić information content (AvgIpc) is 2.63. The summed E-state index contributed by atoms with van der Waals surface area (Å²) in [4.78, 5) is 4.63. The molecule has 2 rings (SSSR count). The molecule has 1 heterocycles. The molecule has 3 nitrogen and oxygen atoms in total. The van der Waals surface area contributed by atoms with Gasteiger partial charge in [-0.05, 0) is 26.2 Å². The first-order valence-corrected chi connectivity index (χ1v) is 7.60. The van der Waals surface area contributed by atoms with Crippen LogP contribution in [0.5, 0.6) is 0 Å². The van der Waals surface area contributed by atoms with Crippen molar-refractivity contribution in [1.82, 2.24) is 9.55 Å². The summed E-state index contributed by atoms with van der Waals surface area (Å²) in [5, 5.41) is 3.67. The molecule has 1 aromatic rings. The Morgan fingerprint density at radius 2 is 1.89 bits per heavy atom. The molecule has 0 atom stereocenters. The number of nitrogens with one attached hydrogen (secondary N) is 1. The summed E-state index contributed by atoms with van der Waals surface area (Å²) in [5.41, 5.74) is 1.12. The summed E-state index contributed by atoms with van der Waals surface area (Å²) >= 11 is 0. The van der Waals surface area contributed by atoms with Gasteiger partial charge in [-0.3, -0.25) is 0 Å². The van der Waals surface area contributed by atoms with E-state index in [1.165, 1.54) is 44.9 Å². The Morgan fingerprint density at radius 1 is 1.22 bits per heavy atom. The largest absolute Gasteiger partial charge is 0.353 e.